The summed E-state index contributed by atoms with van der Waals surface area (Å²) in [5.74, 6) is -0.500. The van der Waals surface area contributed by atoms with Crippen LogP contribution in [0.3, 0.4) is 0 Å². The van der Waals surface area contributed by atoms with Crippen LogP contribution in [0.5, 0.6) is 11.5 Å². The molecule has 0 bridgehead atoms. The third-order valence-corrected chi connectivity index (χ3v) is 6.61. The van der Waals surface area contributed by atoms with Crippen molar-refractivity contribution in [3.8, 4) is 11.5 Å². The van der Waals surface area contributed by atoms with Crippen LogP contribution in [0.25, 0.3) is 6.08 Å². The SMILES string of the molecule is O=C(O)CN1C(=O)/C(=C/c2ccc(OCc3ccccc3)c(OCc3ccc(Cl)cc3)c2)SC1=S. The smallest absolute Gasteiger partial charge is 0.323 e. The topological polar surface area (TPSA) is 76.1 Å². The van der Waals surface area contributed by atoms with Crippen molar-refractivity contribution in [2.45, 2.75) is 13.2 Å². The van der Waals surface area contributed by atoms with E-state index in [4.69, 9.17) is 38.4 Å². The highest BCUT2D eigenvalue weighted by atomic mass is 35.5. The Labute approximate surface area is 217 Å². The van der Waals surface area contributed by atoms with E-state index in [-0.39, 0.29) is 4.32 Å². The molecular weight excluding hydrogens is 506 g/mol. The van der Waals surface area contributed by atoms with Gasteiger partial charge in [-0.2, -0.15) is 0 Å². The molecule has 1 heterocycles. The molecule has 0 aromatic heterocycles. The molecule has 1 fully saturated rings. The predicted octanol–water partition coefficient (Wildman–Crippen LogP) is 5.78. The number of hydrogen-bond donors (Lipinski definition) is 1. The molecule has 0 aliphatic carbocycles. The highest BCUT2D eigenvalue weighted by Crippen LogP contribution is 2.35. The molecule has 1 saturated heterocycles. The van der Waals surface area contributed by atoms with Crippen LogP contribution in [-0.2, 0) is 22.8 Å². The molecule has 0 spiro atoms. The number of amides is 1. The van der Waals surface area contributed by atoms with Gasteiger partial charge in [0, 0.05) is 5.02 Å². The number of nitrogens with zero attached hydrogens (tertiary/aromatic N) is 1. The lowest BCUT2D eigenvalue weighted by Gasteiger charge is -2.14. The number of ether oxygens (including phenoxy) is 2. The molecule has 3 aromatic rings. The molecule has 0 atom stereocenters. The monoisotopic (exact) mass is 525 g/mol. The summed E-state index contributed by atoms with van der Waals surface area (Å²) < 4.78 is 12.3. The van der Waals surface area contributed by atoms with Gasteiger partial charge in [-0.15, -0.1) is 0 Å². The van der Waals surface area contributed by atoms with Crippen molar-refractivity contribution in [2.75, 3.05) is 6.54 Å². The zero-order valence-electron chi connectivity index (χ0n) is 18.3. The van der Waals surface area contributed by atoms with E-state index in [9.17, 15) is 9.59 Å². The molecule has 6 nitrogen and oxygen atoms in total. The predicted molar refractivity (Wildman–Crippen MR) is 141 cm³/mol. The van der Waals surface area contributed by atoms with Crippen LogP contribution >= 0.6 is 35.6 Å². The Bertz CT molecular complexity index is 1280. The van der Waals surface area contributed by atoms with Gasteiger partial charge >= 0.3 is 5.97 Å². The molecule has 178 valence electrons. The lowest BCUT2D eigenvalue weighted by Crippen LogP contribution is -2.33. The molecule has 0 unspecified atom stereocenters. The first-order valence-corrected chi connectivity index (χ1v) is 12.1. The Morgan fingerprint density at radius 2 is 1.63 bits per heavy atom. The Kier molecular flexibility index (Phi) is 8.07. The van der Waals surface area contributed by atoms with Crippen LogP contribution in [0.4, 0.5) is 0 Å². The summed E-state index contributed by atoms with van der Waals surface area (Å²) in [5.41, 5.74) is 2.64. The van der Waals surface area contributed by atoms with Gasteiger partial charge < -0.3 is 14.6 Å². The minimum atomic E-state index is -1.12. The summed E-state index contributed by atoms with van der Waals surface area (Å²) >= 11 is 12.2. The maximum atomic E-state index is 12.6. The molecule has 1 aliphatic rings. The van der Waals surface area contributed by atoms with Gasteiger partial charge in [-0.3, -0.25) is 14.5 Å². The first-order chi connectivity index (χ1) is 16.9. The van der Waals surface area contributed by atoms with Crippen molar-refractivity contribution in [3.05, 3.63) is 99.4 Å². The van der Waals surface area contributed by atoms with Gasteiger partial charge in [0.15, 0.2) is 11.5 Å². The number of carboxylic acids is 1. The lowest BCUT2D eigenvalue weighted by molar-refractivity contribution is -0.140. The number of halogens is 1. The van der Waals surface area contributed by atoms with E-state index in [0.717, 1.165) is 27.8 Å². The molecule has 35 heavy (non-hydrogen) atoms. The Morgan fingerprint density at radius 3 is 2.31 bits per heavy atom. The van der Waals surface area contributed by atoms with Crippen molar-refractivity contribution in [3.63, 3.8) is 0 Å². The summed E-state index contributed by atoms with van der Waals surface area (Å²) in [6, 6.07) is 22.5. The molecule has 0 radical (unpaired) electrons. The zero-order valence-corrected chi connectivity index (χ0v) is 20.7. The highest BCUT2D eigenvalue weighted by molar-refractivity contribution is 8.26. The molecule has 1 aliphatic heterocycles. The average Bonchev–Trinajstić information content (AvgIpc) is 3.10. The first-order valence-electron chi connectivity index (χ1n) is 10.5. The van der Waals surface area contributed by atoms with Gasteiger partial charge in [-0.05, 0) is 47.0 Å². The molecular formula is C26H20ClNO5S2. The number of benzene rings is 3. The lowest BCUT2D eigenvalue weighted by atomic mass is 10.1. The summed E-state index contributed by atoms with van der Waals surface area (Å²) in [4.78, 5) is 25.1. The van der Waals surface area contributed by atoms with E-state index in [0.29, 0.717) is 40.2 Å². The molecule has 9 heteroatoms. The fourth-order valence-electron chi connectivity index (χ4n) is 3.25. The van der Waals surface area contributed by atoms with Crippen LogP contribution in [0.2, 0.25) is 5.02 Å². The van der Waals surface area contributed by atoms with E-state index >= 15 is 0 Å². The number of carbonyl (C=O) groups excluding carboxylic acids is 1. The van der Waals surface area contributed by atoms with Crippen LogP contribution < -0.4 is 9.47 Å². The standard InChI is InChI=1S/C26H20ClNO5S2/c27-20-9-6-18(7-10-20)16-33-22-12-19(8-11-21(22)32-15-17-4-2-1-3-5-17)13-23-25(31)28(14-24(29)30)26(34)35-23/h1-13H,14-16H2,(H,29,30)/b23-13-. The average molecular weight is 526 g/mol. The molecule has 1 amide bonds. The molecule has 0 saturated carbocycles. The van der Waals surface area contributed by atoms with Gasteiger partial charge in [-0.1, -0.05) is 84.1 Å². The van der Waals surface area contributed by atoms with E-state index in [1.807, 2.05) is 42.5 Å². The second kappa shape index (κ2) is 11.4. The number of hydrogen-bond acceptors (Lipinski definition) is 6. The number of rotatable bonds is 9. The summed E-state index contributed by atoms with van der Waals surface area (Å²) in [5, 5.41) is 9.67. The maximum Gasteiger partial charge on any atom is 0.323 e. The second-order valence-corrected chi connectivity index (χ2v) is 9.67. The summed E-state index contributed by atoms with van der Waals surface area (Å²) in [6.07, 6.45) is 1.66. The Balaban J connectivity index is 1.57. The van der Waals surface area contributed by atoms with Gasteiger partial charge in [0.2, 0.25) is 0 Å². The van der Waals surface area contributed by atoms with E-state index in [1.54, 1.807) is 36.4 Å². The van der Waals surface area contributed by atoms with Crippen molar-refractivity contribution < 1.29 is 24.2 Å². The quantitative estimate of drug-likeness (QED) is 0.280. The van der Waals surface area contributed by atoms with Gasteiger partial charge in [0.05, 0.1) is 4.91 Å². The fraction of sp³-hybridized carbons (Fsp3) is 0.115. The normalized spacial score (nSPS) is 14.4. The van der Waals surface area contributed by atoms with Crippen molar-refractivity contribution in [2.24, 2.45) is 0 Å². The van der Waals surface area contributed by atoms with Crippen LogP contribution in [0, 0.1) is 0 Å². The number of carboxylic acid groups (broad SMARTS) is 1. The van der Waals surface area contributed by atoms with E-state index < -0.39 is 18.4 Å². The van der Waals surface area contributed by atoms with Crippen LogP contribution in [0.1, 0.15) is 16.7 Å². The third kappa shape index (κ3) is 6.63. The summed E-state index contributed by atoms with van der Waals surface area (Å²) in [6.45, 7) is 0.193. The first kappa shape index (κ1) is 24.8. The summed E-state index contributed by atoms with van der Waals surface area (Å²) in [7, 11) is 0. The molecule has 3 aromatic carbocycles. The third-order valence-electron chi connectivity index (χ3n) is 4.98. The minimum absolute atomic E-state index is 0.214. The largest absolute Gasteiger partial charge is 0.485 e. The molecule has 4 rings (SSSR count). The Morgan fingerprint density at radius 1 is 0.971 bits per heavy atom. The maximum absolute atomic E-state index is 12.6. The van der Waals surface area contributed by atoms with E-state index in [2.05, 4.69) is 0 Å². The van der Waals surface area contributed by atoms with Crippen molar-refractivity contribution in [1.82, 2.24) is 4.90 Å². The van der Waals surface area contributed by atoms with Crippen molar-refractivity contribution >= 4 is 57.9 Å². The number of aliphatic carboxylic acids is 1. The van der Waals surface area contributed by atoms with Gasteiger partial charge in [-0.25, -0.2) is 0 Å². The Hall–Kier alpha value is -3.33. The number of carbonyl (C=O) groups is 2. The minimum Gasteiger partial charge on any atom is -0.485 e. The van der Waals surface area contributed by atoms with Gasteiger partial charge in [0.1, 0.15) is 24.1 Å². The zero-order chi connectivity index (χ0) is 24.8. The van der Waals surface area contributed by atoms with Crippen LogP contribution in [0.15, 0.2) is 77.7 Å². The van der Waals surface area contributed by atoms with E-state index in [1.165, 1.54) is 0 Å². The molecule has 1 N–H and O–H groups in total. The fourth-order valence-corrected chi connectivity index (χ4v) is 4.63. The second-order valence-electron chi connectivity index (χ2n) is 7.56. The number of thiocarbonyl (C=S) groups is 1. The van der Waals surface area contributed by atoms with Gasteiger partial charge in [0.25, 0.3) is 5.91 Å². The van der Waals surface area contributed by atoms with Crippen molar-refractivity contribution in [1.29, 1.82) is 0 Å². The number of thioether (sulfide) groups is 1. The highest BCUT2D eigenvalue weighted by Gasteiger charge is 2.33. The van der Waals surface area contributed by atoms with Crippen LogP contribution in [-0.4, -0.2) is 32.7 Å².